The summed E-state index contributed by atoms with van der Waals surface area (Å²) in [6.07, 6.45) is 2.95. The molecule has 0 aliphatic carbocycles. The van der Waals surface area contributed by atoms with Crippen molar-refractivity contribution >= 4 is 21.9 Å². The third kappa shape index (κ3) is 5.60. The Kier molecular flexibility index (Phi) is 7.86. The lowest BCUT2D eigenvalue weighted by Crippen LogP contribution is -2.17. The summed E-state index contributed by atoms with van der Waals surface area (Å²) in [5.41, 5.74) is 1.81. The number of ether oxygens (including phenoxy) is 3. The van der Waals surface area contributed by atoms with E-state index < -0.39 is 10.0 Å². The van der Waals surface area contributed by atoms with Gasteiger partial charge in [-0.1, -0.05) is 30.9 Å². The monoisotopic (exact) mass is 471 g/mol. The molecule has 10 heteroatoms. The molecule has 0 amide bonds. The summed E-state index contributed by atoms with van der Waals surface area (Å²) >= 11 is 0. The molecule has 0 aliphatic rings. The second-order valence-corrected chi connectivity index (χ2v) is 8.46. The molecule has 0 radical (unpaired) electrons. The molecule has 0 atom stereocenters. The highest BCUT2D eigenvalue weighted by atomic mass is 32.2. The molecule has 174 valence electrons. The van der Waals surface area contributed by atoms with Gasteiger partial charge in [-0.25, -0.2) is 18.4 Å². The highest BCUT2D eigenvalue weighted by Gasteiger charge is 2.23. The number of nitrogens with one attached hydrogen (secondary N) is 1. The first-order valence-corrected chi connectivity index (χ1v) is 11.4. The summed E-state index contributed by atoms with van der Waals surface area (Å²) in [5, 5.41) is 9.19. The van der Waals surface area contributed by atoms with E-state index in [4.69, 9.17) is 14.2 Å². The molecule has 0 saturated carbocycles. The number of aromatic nitrogens is 2. The summed E-state index contributed by atoms with van der Waals surface area (Å²) in [5.74, 6) is 1.26. The Balaban J connectivity index is 2.07. The van der Waals surface area contributed by atoms with Crippen molar-refractivity contribution in [2.24, 2.45) is 0 Å². The highest BCUT2D eigenvalue weighted by molar-refractivity contribution is 7.92. The first-order valence-electron chi connectivity index (χ1n) is 9.96. The number of rotatable bonds is 11. The lowest BCUT2D eigenvalue weighted by molar-refractivity contribution is 0.195. The van der Waals surface area contributed by atoms with Crippen molar-refractivity contribution in [1.29, 1.82) is 0 Å². The normalized spacial score (nSPS) is 11.0. The van der Waals surface area contributed by atoms with Gasteiger partial charge in [0.05, 0.1) is 31.3 Å². The molecular weight excluding hydrogens is 446 g/mol. The zero-order valence-corrected chi connectivity index (χ0v) is 19.1. The van der Waals surface area contributed by atoms with Crippen LogP contribution in [0.15, 0.2) is 60.3 Å². The predicted molar refractivity (Wildman–Crippen MR) is 124 cm³/mol. The Morgan fingerprint density at radius 2 is 1.70 bits per heavy atom. The van der Waals surface area contributed by atoms with Crippen LogP contribution in [0.5, 0.6) is 17.4 Å². The van der Waals surface area contributed by atoms with Crippen LogP contribution in [0, 0.1) is 0 Å². The van der Waals surface area contributed by atoms with Gasteiger partial charge in [0.1, 0.15) is 24.4 Å². The van der Waals surface area contributed by atoms with Gasteiger partial charge in [0.2, 0.25) is 5.88 Å². The molecule has 33 heavy (non-hydrogen) atoms. The number of hydrogen-bond acceptors (Lipinski definition) is 8. The SMILES string of the molecule is C=Cc1ccc(S(=O)(=O)Nc2ncnc(OCCO)c2Cc2c(OC)cccc2OC)cc1. The molecule has 2 aromatic carbocycles. The summed E-state index contributed by atoms with van der Waals surface area (Å²) in [6.45, 7) is 3.41. The van der Waals surface area contributed by atoms with Crippen LogP contribution >= 0.6 is 0 Å². The largest absolute Gasteiger partial charge is 0.496 e. The zero-order chi connectivity index (χ0) is 23.8. The van der Waals surface area contributed by atoms with Gasteiger partial charge >= 0.3 is 0 Å². The zero-order valence-electron chi connectivity index (χ0n) is 18.3. The second-order valence-electron chi connectivity index (χ2n) is 6.77. The molecule has 0 unspecified atom stereocenters. The molecule has 0 fully saturated rings. The Bertz CT molecular complexity index is 1190. The fourth-order valence-corrected chi connectivity index (χ4v) is 4.20. The van der Waals surface area contributed by atoms with Crippen LogP contribution in [0.4, 0.5) is 5.82 Å². The Labute approximate surface area is 192 Å². The quantitative estimate of drug-likeness (QED) is 0.438. The van der Waals surface area contributed by atoms with E-state index in [1.54, 1.807) is 36.4 Å². The number of aliphatic hydroxyl groups is 1. The Hall–Kier alpha value is -3.63. The fraction of sp³-hybridized carbons (Fsp3) is 0.217. The number of anilines is 1. The van der Waals surface area contributed by atoms with E-state index in [1.807, 2.05) is 0 Å². The van der Waals surface area contributed by atoms with E-state index >= 15 is 0 Å². The van der Waals surface area contributed by atoms with Crippen molar-refractivity contribution in [3.05, 3.63) is 72.1 Å². The van der Waals surface area contributed by atoms with Gasteiger partial charge in [-0.15, -0.1) is 0 Å². The number of methoxy groups -OCH3 is 2. The van der Waals surface area contributed by atoms with E-state index in [-0.39, 0.29) is 36.2 Å². The standard InChI is InChI=1S/C23H25N3O6S/c1-4-16-8-10-17(11-9-16)33(28,29)26-22-19(23(25-15-24-22)32-13-12-27)14-18-20(30-2)6-5-7-21(18)31-3/h4-11,15,27H,1,12-14H2,2-3H3,(H,24,25,26). The van der Waals surface area contributed by atoms with Gasteiger partial charge in [0.25, 0.3) is 10.0 Å². The molecule has 3 aromatic rings. The molecular formula is C23H25N3O6S. The lowest BCUT2D eigenvalue weighted by Gasteiger charge is -2.17. The number of sulfonamides is 1. The van der Waals surface area contributed by atoms with E-state index in [9.17, 15) is 13.5 Å². The maximum atomic E-state index is 13.0. The average Bonchev–Trinajstić information content (AvgIpc) is 2.84. The number of aliphatic hydroxyl groups excluding tert-OH is 1. The topological polar surface area (TPSA) is 120 Å². The second kappa shape index (κ2) is 10.8. The van der Waals surface area contributed by atoms with Crippen LogP contribution < -0.4 is 18.9 Å². The van der Waals surface area contributed by atoms with E-state index in [1.165, 1.54) is 32.7 Å². The van der Waals surface area contributed by atoms with Crippen LogP contribution in [0.1, 0.15) is 16.7 Å². The molecule has 0 aliphatic heterocycles. The third-order valence-corrected chi connectivity index (χ3v) is 6.13. The molecule has 0 saturated heterocycles. The molecule has 1 heterocycles. The molecule has 0 spiro atoms. The summed E-state index contributed by atoms with van der Waals surface area (Å²) in [7, 11) is -0.909. The number of benzene rings is 2. The molecule has 9 nitrogen and oxygen atoms in total. The Morgan fingerprint density at radius 3 is 2.27 bits per heavy atom. The minimum Gasteiger partial charge on any atom is -0.496 e. The van der Waals surface area contributed by atoms with Crippen molar-refractivity contribution in [2.75, 3.05) is 32.2 Å². The van der Waals surface area contributed by atoms with Crippen molar-refractivity contribution in [2.45, 2.75) is 11.3 Å². The fourth-order valence-electron chi connectivity index (χ4n) is 3.16. The maximum absolute atomic E-state index is 13.0. The van der Waals surface area contributed by atoms with Crippen LogP contribution in [0.25, 0.3) is 6.08 Å². The smallest absolute Gasteiger partial charge is 0.263 e. The van der Waals surface area contributed by atoms with E-state index in [2.05, 4.69) is 21.3 Å². The van der Waals surface area contributed by atoms with Gasteiger partial charge in [-0.3, -0.25) is 4.72 Å². The summed E-state index contributed by atoms with van der Waals surface area (Å²) in [6, 6.07) is 11.6. The molecule has 1 aromatic heterocycles. The van der Waals surface area contributed by atoms with Crippen LogP contribution in [0.2, 0.25) is 0 Å². The minimum absolute atomic E-state index is 0.0255. The van der Waals surface area contributed by atoms with Gasteiger partial charge in [-0.05, 0) is 29.8 Å². The predicted octanol–water partition coefficient (Wildman–Crippen LogP) is 2.90. The van der Waals surface area contributed by atoms with Gasteiger partial charge in [0.15, 0.2) is 5.82 Å². The number of hydrogen-bond donors (Lipinski definition) is 2. The lowest BCUT2D eigenvalue weighted by atomic mass is 10.0. The minimum atomic E-state index is -3.96. The highest BCUT2D eigenvalue weighted by Crippen LogP contribution is 2.35. The first kappa shape index (κ1) is 24.0. The van der Waals surface area contributed by atoms with Gasteiger partial charge < -0.3 is 19.3 Å². The van der Waals surface area contributed by atoms with Gasteiger partial charge in [0, 0.05) is 12.0 Å². The number of nitrogens with zero attached hydrogens (tertiary/aromatic N) is 2. The van der Waals surface area contributed by atoms with Crippen molar-refractivity contribution in [3.63, 3.8) is 0 Å². The molecule has 2 N–H and O–H groups in total. The van der Waals surface area contributed by atoms with Crippen molar-refractivity contribution < 1.29 is 27.7 Å². The maximum Gasteiger partial charge on any atom is 0.263 e. The van der Waals surface area contributed by atoms with Crippen LogP contribution in [0.3, 0.4) is 0 Å². The van der Waals surface area contributed by atoms with Crippen LogP contribution in [-0.2, 0) is 16.4 Å². The van der Waals surface area contributed by atoms with E-state index in [0.717, 1.165) is 5.56 Å². The van der Waals surface area contributed by atoms with Crippen molar-refractivity contribution in [3.8, 4) is 17.4 Å². The average molecular weight is 472 g/mol. The van der Waals surface area contributed by atoms with Crippen molar-refractivity contribution in [1.82, 2.24) is 9.97 Å². The first-order chi connectivity index (χ1) is 15.9. The molecule has 0 bridgehead atoms. The van der Waals surface area contributed by atoms with Gasteiger partial charge in [-0.2, -0.15) is 0 Å². The molecule has 3 rings (SSSR count). The summed E-state index contributed by atoms with van der Waals surface area (Å²) < 4.78 is 45.1. The van der Waals surface area contributed by atoms with Crippen LogP contribution in [-0.4, -0.2) is 50.9 Å². The third-order valence-electron chi connectivity index (χ3n) is 4.78. The van der Waals surface area contributed by atoms with E-state index in [0.29, 0.717) is 22.6 Å². The summed E-state index contributed by atoms with van der Waals surface area (Å²) in [4.78, 5) is 8.36. The Morgan fingerprint density at radius 1 is 1.03 bits per heavy atom.